The van der Waals surface area contributed by atoms with Gasteiger partial charge in [0.25, 0.3) is 0 Å². The quantitative estimate of drug-likeness (QED) is 0.541. The van der Waals surface area contributed by atoms with E-state index in [1.807, 2.05) is 0 Å². The number of hydrogen-bond donors (Lipinski definition) is 0. The van der Waals surface area contributed by atoms with Crippen LogP contribution in [0.15, 0.2) is 0 Å². The van der Waals surface area contributed by atoms with Crippen molar-refractivity contribution in [2.75, 3.05) is 0 Å². The summed E-state index contributed by atoms with van der Waals surface area (Å²) < 4.78 is 0. The molecular weight excluding hydrogens is 144 g/mol. The average Bonchev–Trinajstić information content (AvgIpc) is 2.28. The molecule has 0 radical (unpaired) electrons. The summed E-state index contributed by atoms with van der Waals surface area (Å²) in [5, 5.41) is 0. The fraction of sp³-hybridized carbons (Fsp3) is 1.00. The molecule has 0 amide bonds. The molecule has 0 saturated heterocycles. The normalized spacial score (nSPS) is 34.2. The summed E-state index contributed by atoms with van der Waals surface area (Å²) in [7, 11) is 0. The van der Waals surface area contributed by atoms with Crippen molar-refractivity contribution in [1.29, 1.82) is 0 Å². The third kappa shape index (κ3) is 2.50. The van der Waals surface area contributed by atoms with Crippen LogP contribution in [0.25, 0.3) is 0 Å². The number of rotatable bonds is 2. The summed E-state index contributed by atoms with van der Waals surface area (Å²) in [6.07, 6.45) is 8.80. The maximum absolute atomic E-state index is 2.46. The Kier molecular flexibility index (Phi) is 4.11. The predicted molar refractivity (Wildman–Crippen MR) is 55.2 cm³/mol. The van der Waals surface area contributed by atoms with Gasteiger partial charge >= 0.3 is 0 Å². The van der Waals surface area contributed by atoms with E-state index in [0.717, 1.165) is 17.8 Å². The smallest absolute Gasteiger partial charge is 0.0363 e. The van der Waals surface area contributed by atoms with E-state index in [0.29, 0.717) is 0 Å². The van der Waals surface area contributed by atoms with Crippen molar-refractivity contribution in [3.8, 4) is 0 Å². The van der Waals surface area contributed by atoms with Gasteiger partial charge in [0.2, 0.25) is 0 Å². The Morgan fingerprint density at radius 2 is 1.83 bits per heavy atom. The molecule has 0 aromatic carbocycles. The summed E-state index contributed by atoms with van der Waals surface area (Å²) >= 11 is 0. The maximum Gasteiger partial charge on any atom is -0.0363 e. The zero-order valence-electron chi connectivity index (χ0n) is 8.97. The van der Waals surface area contributed by atoms with Crippen LogP contribution in [-0.2, 0) is 0 Å². The van der Waals surface area contributed by atoms with E-state index in [1.54, 1.807) is 0 Å². The Balaban J connectivity index is 2.46. The van der Waals surface area contributed by atoms with Gasteiger partial charge in [-0.3, -0.25) is 0 Å². The molecule has 0 nitrogen and oxygen atoms in total. The highest BCUT2D eigenvalue weighted by Gasteiger charge is 2.23. The minimum Gasteiger partial charge on any atom is -0.0651 e. The van der Waals surface area contributed by atoms with E-state index < -0.39 is 0 Å². The summed E-state index contributed by atoms with van der Waals surface area (Å²) in [6.45, 7) is 7.23. The van der Waals surface area contributed by atoms with Crippen molar-refractivity contribution in [1.82, 2.24) is 0 Å². The molecule has 0 aromatic rings. The van der Waals surface area contributed by atoms with Crippen LogP contribution in [0.5, 0.6) is 0 Å². The van der Waals surface area contributed by atoms with Gasteiger partial charge in [0.15, 0.2) is 0 Å². The lowest BCUT2D eigenvalue weighted by molar-refractivity contribution is 0.235. The molecule has 1 saturated carbocycles. The second kappa shape index (κ2) is 4.89. The monoisotopic (exact) mass is 168 g/mol. The van der Waals surface area contributed by atoms with Crippen LogP contribution in [0, 0.1) is 17.8 Å². The van der Waals surface area contributed by atoms with Crippen LogP contribution in [0.2, 0.25) is 0 Å². The molecule has 0 aromatic heterocycles. The van der Waals surface area contributed by atoms with Crippen LogP contribution in [0.1, 0.15) is 59.3 Å². The number of hydrogen-bond acceptors (Lipinski definition) is 0. The van der Waals surface area contributed by atoms with Gasteiger partial charge in [0.05, 0.1) is 0 Å². The van der Waals surface area contributed by atoms with E-state index in [4.69, 9.17) is 0 Å². The Morgan fingerprint density at radius 3 is 2.50 bits per heavy atom. The zero-order chi connectivity index (χ0) is 8.97. The second-order valence-electron chi connectivity index (χ2n) is 4.66. The van der Waals surface area contributed by atoms with Gasteiger partial charge in [-0.05, 0) is 24.2 Å². The molecule has 1 aliphatic rings. The van der Waals surface area contributed by atoms with Gasteiger partial charge in [0.1, 0.15) is 0 Å². The summed E-state index contributed by atoms with van der Waals surface area (Å²) in [5.74, 6) is 2.97. The third-order valence-corrected chi connectivity index (χ3v) is 3.80. The average molecular weight is 168 g/mol. The molecule has 0 spiro atoms. The molecule has 1 rings (SSSR count). The van der Waals surface area contributed by atoms with Crippen molar-refractivity contribution >= 4 is 0 Å². The Morgan fingerprint density at radius 1 is 1.17 bits per heavy atom. The van der Waals surface area contributed by atoms with Gasteiger partial charge in [0, 0.05) is 0 Å². The van der Waals surface area contributed by atoms with Crippen LogP contribution in [0.3, 0.4) is 0 Å². The van der Waals surface area contributed by atoms with Crippen LogP contribution < -0.4 is 0 Å². The molecule has 0 heteroatoms. The van der Waals surface area contributed by atoms with Gasteiger partial charge < -0.3 is 0 Å². The molecule has 12 heavy (non-hydrogen) atoms. The van der Waals surface area contributed by atoms with E-state index in [-0.39, 0.29) is 0 Å². The van der Waals surface area contributed by atoms with E-state index >= 15 is 0 Å². The standard InChI is InChI=1S/C12H24/c1-4-10(2)12-9-7-5-6-8-11(12)3/h10-12H,4-9H2,1-3H3. The van der Waals surface area contributed by atoms with Crippen molar-refractivity contribution in [2.24, 2.45) is 17.8 Å². The topological polar surface area (TPSA) is 0 Å². The fourth-order valence-corrected chi connectivity index (χ4v) is 2.67. The minimum atomic E-state index is 0.957. The molecule has 0 N–H and O–H groups in total. The molecule has 1 fully saturated rings. The Bertz CT molecular complexity index is 117. The first-order valence-corrected chi connectivity index (χ1v) is 5.75. The zero-order valence-corrected chi connectivity index (χ0v) is 8.97. The summed E-state index contributed by atoms with van der Waals surface area (Å²) in [5.41, 5.74) is 0. The van der Waals surface area contributed by atoms with Crippen LogP contribution >= 0.6 is 0 Å². The molecule has 0 aliphatic heterocycles. The minimum absolute atomic E-state index is 0.957. The van der Waals surface area contributed by atoms with E-state index in [1.165, 1.54) is 38.5 Å². The highest BCUT2D eigenvalue weighted by molar-refractivity contribution is 4.74. The van der Waals surface area contributed by atoms with Crippen molar-refractivity contribution in [2.45, 2.75) is 59.3 Å². The highest BCUT2D eigenvalue weighted by atomic mass is 14.3. The fourth-order valence-electron chi connectivity index (χ4n) is 2.67. The lowest BCUT2D eigenvalue weighted by atomic mass is 9.79. The summed E-state index contributed by atoms with van der Waals surface area (Å²) in [4.78, 5) is 0. The van der Waals surface area contributed by atoms with Crippen molar-refractivity contribution in [3.63, 3.8) is 0 Å². The molecule has 0 heterocycles. The first-order valence-electron chi connectivity index (χ1n) is 5.75. The molecule has 1 aliphatic carbocycles. The molecular formula is C12H24. The van der Waals surface area contributed by atoms with E-state index in [9.17, 15) is 0 Å². The SMILES string of the molecule is CCC(C)C1CCCCCC1C. The predicted octanol–water partition coefficient (Wildman–Crippen LogP) is 4.25. The molecule has 3 atom stereocenters. The van der Waals surface area contributed by atoms with Gasteiger partial charge in [-0.25, -0.2) is 0 Å². The molecule has 3 unspecified atom stereocenters. The maximum atomic E-state index is 2.46. The van der Waals surface area contributed by atoms with Crippen molar-refractivity contribution < 1.29 is 0 Å². The Hall–Kier alpha value is 0. The first-order chi connectivity index (χ1) is 5.75. The van der Waals surface area contributed by atoms with Gasteiger partial charge in [-0.2, -0.15) is 0 Å². The first kappa shape index (κ1) is 10.1. The van der Waals surface area contributed by atoms with Gasteiger partial charge in [-0.1, -0.05) is 52.9 Å². The largest absolute Gasteiger partial charge is 0.0651 e. The summed E-state index contributed by atoms with van der Waals surface area (Å²) in [6, 6.07) is 0. The van der Waals surface area contributed by atoms with Crippen LogP contribution in [0.4, 0.5) is 0 Å². The second-order valence-corrected chi connectivity index (χ2v) is 4.66. The van der Waals surface area contributed by atoms with Crippen LogP contribution in [-0.4, -0.2) is 0 Å². The van der Waals surface area contributed by atoms with Crippen molar-refractivity contribution in [3.05, 3.63) is 0 Å². The lowest BCUT2D eigenvalue weighted by Crippen LogP contribution is -2.17. The Labute approximate surface area is 77.7 Å². The molecule has 0 bridgehead atoms. The third-order valence-electron chi connectivity index (χ3n) is 3.80. The molecule has 72 valence electrons. The van der Waals surface area contributed by atoms with E-state index in [2.05, 4.69) is 20.8 Å². The lowest BCUT2D eigenvalue weighted by Gasteiger charge is -2.27. The van der Waals surface area contributed by atoms with Gasteiger partial charge in [-0.15, -0.1) is 0 Å². The highest BCUT2D eigenvalue weighted by Crippen LogP contribution is 2.34.